The van der Waals surface area contributed by atoms with Crippen LogP contribution in [0.25, 0.3) is 0 Å². The number of halogens is 1. The van der Waals surface area contributed by atoms with Crippen molar-refractivity contribution >= 4 is 12.4 Å². The maximum Gasteiger partial charge on any atom is 0.0233 e. The van der Waals surface area contributed by atoms with Crippen LogP contribution in [0.5, 0.6) is 0 Å². The van der Waals surface area contributed by atoms with Crippen molar-refractivity contribution in [1.29, 1.82) is 0 Å². The minimum absolute atomic E-state index is 0. The van der Waals surface area contributed by atoms with E-state index < -0.39 is 0 Å². The van der Waals surface area contributed by atoms with Gasteiger partial charge in [0.05, 0.1) is 0 Å². The van der Waals surface area contributed by atoms with Crippen molar-refractivity contribution in [3.63, 3.8) is 0 Å². The molecule has 2 N–H and O–H groups in total. The lowest BCUT2D eigenvalue weighted by Crippen LogP contribution is -2.39. The lowest BCUT2D eigenvalue weighted by Gasteiger charge is -2.20. The van der Waals surface area contributed by atoms with Gasteiger partial charge in [-0.05, 0) is 30.4 Å². The molecule has 0 spiro atoms. The maximum atomic E-state index is 6.21. The number of hydrogen-bond acceptors (Lipinski definition) is 1. The molecular formula is C11H16ClN. The molecule has 1 aromatic carbocycles. The van der Waals surface area contributed by atoms with Gasteiger partial charge in [-0.2, -0.15) is 0 Å². The third kappa shape index (κ3) is 1.87. The average Bonchev–Trinajstić information content (AvgIpc) is 2.42. The predicted octanol–water partition coefficient (Wildman–Crippen LogP) is 2.31. The molecule has 1 aromatic rings. The molecule has 0 saturated heterocycles. The van der Waals surface area contributed by atoms with Crippen molar-refractivity contribution in [3.05, 3.63) is 35.4 Å². The molecule has 0 fully saturated rings. The summed E-state index contributed by atoms with van der Waals surface area (Å²) < 4.78 is 0. The first kappa shape index (κ1) is 10.6. The van der Waals surface area contributed by atoms with E-state index in [2.05, 4.69) is 31.2 Å². The second-order valence-corrected chi connectivity index (χ2v) is 3.84. The van der Waals surface area contributed by atoms with Crippen LogP contribution in [0.1, 0.15) is 24.5 Å². The molecule has 0 radical (unpaired) electrons. The molecule has 0 atom stereocenters. The van der Waals surface area contributed by atoms with Crippen molar-refractivity contribution in [2.75, 3.05) is 0 Å². The largest absolute Gasteiger partial charge is 0.325 e. The van der Waals surface area contributed by atoms with Gasteiger partial charge in [0.1, 0.15) is 0 Å². The van der Waals surface area contributed by atoms with E-state index >= 15 is 0 Å². The maximum absolute atomic E-state index is 6.21. The van der Waals surface area contributed by atoms with Gasteiger partial charge >= 0.3 is 0 Å². The van der Waals surface area contributed by atoms with Crippen LogP contribution < -0.4 is 5.73 Å². The molecule has 0 heterocycles. The van der Waals surface area contributed by atoms with Crippen molar-refractivity contribution in [1.82, 2.24) is 0 Å². The number of hydrogen-bond donors (Lipinski definition) is 1. The lowest BCUT2D eigenvalue weighted by atomic mass is 9.94. The summed E-state index contributed by atoms with van der Waals surface area (Å²) in [5.74, 6) is 0. The number of fused-ring (bicyclic) bond motifs is 1. The lowest BCUT2D eigenvalue weighted by molar-refractivity contribution is 0.434. The average molecular weight is 198 g/mol. The van der Waals surface area contributed by atoms with Crippen molar-refractivity contribution in [3.8, 4) is 0 Å². The van der Waals surface area contributed by atoms with Gasteiger partial charge in [0.25, 0.3) is 0 Å². The minimum atomic E-state index is 0. The Hall–Kier alpha value is -0.530. The number of rotatable bonds is 1. The van der Waals surface area contributed by atoms with Crippen LogP contribution >= 0.6 is 12.4 Å². The molecule has 0 aromatic heterocycles. The van der Waals surface area contributed by atoms with Gasteiger partial charge in [-0.1, -0.05) is 31.2 Å². The highest BCUT2D eigenvalue weighted by atomic mass is 35.5. The normalized spacial score (nSPS) is 17.7. The van der Waals surface area contributed by atoms with Crippen molar-refractivity contribution < 1.29 is 0 Å². The van der Waals surface area contributed by atoms with Crippen LogP contribution in [0.15, 0.2) is 24.3 Å². The van der Waals surface area contributed by atoms with E-state index in [0.717, 1.165) is 19.3 Å². The van der Waals surface area contributed by atoms with Crippen LogP contribution in [0, 0.1) is 0 Å². The Kier molecular flexibility index (Phi) is 2.99. The SMILES string of the molecule is CCC1(N)Cc2ccccc2C1.Cl. The second-order valence-electron chi connectivity index (χ2n) is 3.84. The number of nitrogens with two attached hydrogens (primary N) is 1. The van der Waals surface area contributed by atoms with E-state index in [-0.39, 0.29) is 17.9 Å². The minimum Gasteiger partial charge on any atom is -0.325 e. The molecule has 1 aliphatic carbocycles. The summed E-state index contributed by atoms with van der Waals surface area (Å²) in [6, 6.07) is 8.58. The molecule has 72 valence electrons. The summed E-state index contributed by atoms with van der Waals surface area (Å²) in [5, 5.41) is 0. The zero-order chi connectivity index (χ0) is 8.60. The molecule has 0 saturated carbocycles. The van der Waals surface area contributed by atoms with E-state index in [1.54, 1.807) is 0 Å². The van der Waals surface area contributed by atoms with Crippen molar-refractivity contribution in [2.24, 2.45) is 5.73 Å². The first-order valence-corrected chi connectivity index (χ1v) is 4.59. The number of benzene rings is 1. The highest BCUT2D eigenvalue weighted by Crippen LogP contribution is 2.29. The topological polar surface area (TPSA) is 26.0 Å². The Bertz CT molecular complexity index is 271. The first-order chi connectivity index (χ1) is 5.73. The fourth-order valence-corrected chi connectivity index (χ4v) is 1.97. The van der Waals surface area contributed by atoms with Gasteiger partial charge in [0.15, 0.2) is 0 Å². The summed E-state index contributed by atoms with van der Waals surface area (Å²) in [6.07, 6.45) is 3.18. The van der Waals surface area contributed by atoms with E-state index in [4.69, 9.17) is 5.73 Å². The standard InChI is InChI=1S/C11H15N.ClH/c1-2-11(12)7-9-5-3-4-6-10(9)8-11;/h3-6H,2,7-8,12H2,1H3;1H. The molecule has 0 aliphatic heterocycles. The quantitative estimate of drug-likeness (QED) is 0.735. The van der Waals surface area contributed by atoms with E-state index in [0.29, 0.717) is 0 Å². The second kappa shape index (κ2) is 3.69. The Balaban J connectivity index is 0.000000845. The van der Waals surface area contributed by atoms with Crippen LogP contribution in [-0.4, -0.2) is 5.54 Å². The van der Waals surface area contributed by atoms with Gasteiger partial charge < -0.3 is 5.73 Å². The highest BCUT2D eigenvalue weighted by Gasteiger charge is 2.30. The van der Waals surface area contributed by atoms with Gasteiger partial charge in [0.2, 0.25) is 0 Å². The predicted molar refractivity (Wildman–Crippen MR) is 58.3 cm³/mol. The molecule has 1 nitrogen and oxygen atoms in total. The fourth-order valence-electron chi connectivity index (χ4n) is 1.97. The van der Waals surface area contributed by atoms with Gasteiger partial charge in [0, 0.05) is 5.54 Å². The zero-order valence-electron chi connectivity index (χ0n) is 7.92. The Labute approximate surface area is 85.7 Å². The van der Waals surface area contributed by atoms with E-state index in [1.807, 2.05) is 0 Å². The zero-order valence-corrected chi connectivity index (χ0v) is 8.73. The monoisotopic (exact) mass is 197 g/mol. The van der Waals surface area contributed by atoms with Gasteiger partial charge in [-0.15, -0.1) is 12.4 Å². The Morgan fingerprint density at radius 3 is 2.08 bits per heavy atom. The smallest absolute Gasteiger partial charge is 0.0233 e. The molecule has 0 unspecified atom stereocenters. The van der Waals surface area contributed by atoms with Crippen LogP contribution in [-0.2, 0) is 12.8 Å². The fraction of sp³-hybridized carbons (Fsp3) is 0.455. The molecule has 0 bridgehead atoms. The molecule has 2 heteroatoms. The van der Waals surface area contributed by atoms with Gasteiger partial charge in [-0.25, -0.2) is 0 Å². The van der Waals surface area contributed by atoms with Gasteiger partial charge in [-0.3, -0.25) is 0 Å². The molecule has 1 aliphatic rings. The molecule has 2 rings (SSSR count). The summed E-state index contributed by atoms with van der Waals surface area (Å²) in [6.45, 7) is 2.17. The first-order valence-electron chi connectivity index (χ1n) is 4.59. The summed E-state index contributed by atoms with van der Waals surface area (Å²) in [4.78, 5) is 0. The Morgan fingerprint density at radius 2 is 1.69 bits per heavy atom. The van der Waals surface area contributed by atoms with Crippen LogP contribution in [0.2, 0.25) is 0 Å². The Morgan fingerprint density at radius 1 is 1.23 bits per heavy atom. The van der Waals surface area contributed by atoms with Crippen molar-refractivity contribution in [2.45, 2.75) is 31.7 Å². The molecule has 0 amide bonds. The van der Waals surface area contributed by atoms with Crippen LogP contribution in [0.3, 0.4) is 0 Å². The summed E-state index contributed by atoms with van der Waals surface area (Å²) in [5.41, 5.74) is 9.15. The molecule has 13 heavy (non-hydrogen) atoms. The highest BCUT2D eigenvalue weighted by molar-refractivity contribution is 5.85. The molecular weight excluding hydrogens is 182 g/mol. The van der Waals surface area contributed by atoms with Crippen LogP contribution in [0.4, 0.5) is 0 Å². The third-order valence-electron chi connectivity index (χ3n) is 2.91. The van der Waals surface area contributed by atoms with E-state index in [9.17, 15) is 0 Å². The van der Waals surface area contributed by atoms with E-state index in [1.165, 1.54) is 11.1 Å². The summed E-state index contributed by atoms with van der Waals surface area (Å²) in [7, 11) is 0. The summed E-state index contributed by atoms with van der Waals surface area (Å²) >= 11 is 0. The third-order valence-corrected chi connectivity index (χ3v) is 2.91.